The third-order valence-electron chi connectivity index (χ3n) is 5.68. The molecule has 4 rings (SSSR count). The van der Waals surface area contributed by atoms with Gasteiger partial charge in [-0.25, -0.2) is 14.3 Å². The van der Waals surface area contributed by atoms with Crippen molar-refractivity contribution in [2.24, 2.45) is 0 Å². The molecule has 0 radical (unpaired) electrons. The summed E-state index contributed by atoms with van der Waals surface area (Å²) in [6.45, 7) is 2.20. The van der Waals surface area contributed by atoms with Gasteiger partial charge in [-0.05, 0) is 49.6 Å². The lowest BCUT2D eigenvalue weighted by molar-refractivity contribution is -0.148. The van der Waals surface area contributed by atoms with Crippen molar-refractivity contribution >= 4 is 41.0 Å². The molecule has 11 heteroatoms. The Labute approximate surface area is 206 Å². The number of para-hydroxylation sites is 1. The van der Waals surface area contributed by atoms with Crippen molar-refractivity contribution < 1.29 is 24.6 Å². The van der Waals surface area contributed by atoms with Crippen molar-refractivity contribution in [1.29, 1.82) is 0 Å². The van der Waals surface area contributed by atoms with E-state index in [1.165, 1.54) is 21.7 Å². The van der Waals surface area contributed by atoms with Gasteiger partial charge in [-0.15, -0.1) is 0 Å². The first-order chi connectivity index (χ1) is 16.7. The second kappa shape index (κ2) is 10.1. The number of amides is 3. The number of carbonyl (C=O) groups is 3. The van der Waals surface area contributed by atoms with Crippen molar-refractivity contribution in [3.8, 4) is 11.4 Å². The maximum absolute atomic E-state index is 12.8. The van der Waals surface area contributed by atoms with Gasteiger partial charge >= 0.3 is 12.0 Å². The molecule has 35 heavy (non-hydrogen) atoms. The Morgan fingerprint density at radius 1 is 1.14 bits per heavy atom. The third-order valence-corrected chi connectivity index (χ3v) is 5.98. The molecule has 0 saturated carbocycles. The van der Waals surface area contributed by atoms with Crippen molar-refractivity contribution in [2.45, 2.75) is 32.2 Å². The molecular formula is C24H24ClN5O5. The molecule has 3 amide bonds. The predicted octanol–water partition coefficient (Wildman–Crippen LogP) is 3.80. The Bertz CT molecular complexity index is 1290. The van der Waals surface area contributed by atoms with Gasteiger partial charge in [0.05, 0.1) is 28.5 Å². The molecular weight excluding hydrogens is 474 g/mol. The minimum absolute atomic E-state index is 0.0508. The van der Waals surface area contributed by atoms with Gasteiger partial charge in [-0.2, -0.15) is 5.10 Å². The standard InChI is InChI=1S/C24H24ClN5O5/c1-14-11-20(27-24(35)26-18-8-3-7-17(25)22(18)32)30(28-14)16-6-2-5-15(12-16)13-21(31)29-10-4-9-19(29)23(33)34/h2-3,5-8,11-12,19,32H,4,9-10,13H2,1H3,(H,33,34)(H2,26,27,35). The summed E-state index contributed by atoms with van der Waals surface area (Å²) in [5.41, 5.74) is 2.10. The lowest BCUT2D eigenvalue weighted by Crippen LogP contribution is -2.41. The molecule has 4 N–H and O–H groups in total. The molecule has 0 aliphatic carbocycles. The summed E-state index contributed by atoms with van der Waals surface area (Å²) < 4.78 is 1.52. The molecule has 0 bridgehead atoms. The maximum Gasteiger partial charge on any atom is 0.326 e. The fourth-order valence-corrected chi connectivity index (χ4v) is 4.24. The van der Waals surface area contributed by atoms with E-state index in [1.54, 1.807) is 43.3 Å². The Morgan fingerprint density at radius 2 is 1.91 bits per heavy atom. The highest BCUT2D eigenvalue weighted by atomic mass is 35.5. The van der Waals surface area contributed by atoms with Crippen LogP contribution in [0.2, 0.25) is 5.02 Å². The number of hydrogen-bond acceptors (Lipinski definition) is 5. The lowest BCUT2D eigenvalue weighted by atomic mass is 10.1. The molecule has 0 spiro atoms. The monoisotopic (exact) mass is 497 g/mol. The van der Waals surface area contributed by atoms with Crippen LogP contribution in [0.15, 0.2) is 48.5 Å². The molecule has 2 heterocycles. The van der Waals surface area contributed by atoms with Crippen LogP contribution in [0.25, 0.3) is 5.69 Å². The van der Waals surface area contributed by atoms with Crippen LogP contribution in [0.1, 0.15) is 24.1 Å². The number of benzene rings is 2. The van der Waals surface area contributed by atoms with Crippen LogP contribution in [0, 0.1) is 6.92 Å². The van der Waals surface area contributed by atoms with E-state index in [1.807, 2.05) is 0 Å². The number of carboxylic acids is 1. The molecule has 1 atom stereocenters. The first kappa shape index (κ1) is 24.1. The Morgan fingerprint density at radius 3 is 2.69 bits per heavy atom. The SMILES string of the molecule is Cc1cc(NC(=O)Nc2cccc(Cl)c2O)n(-c2cccc(CC(=O)N3CCCC3C(=O)O)c2)n1. The zero-order chi connectivity index (χ0) is 25.1. The maximum atomic E-state index is 12.8. The molecule has 1 aliphatic heterocycles. The van der Waals surface area contributed by atoms with E-state index in [9.17, 15) is 24.6 Å². The number of rotatable bonds is 6. The van der Waals surface area contributed by atoms with Crippen molar-refractivity contribution in [2.75, 3.05) is 17.2 Å². The van der Waals surface area contributed by atoms with Crippen LogP contribution in [-0.2, 0) is 16.0 Å². The van der Waals surface area contributed by atoms with Gasteiger partial charge in [0.1, 0.15) is 11.9 Å². The summed E-state index contributed by atoms with van der Waals surface area (Å²) >= 11 is 5.89. The van der Waals surface area contributed by atoms with E-state index in [2.05, 4.69) is 15.7 Å². The molecule has 1 aliphatic rings. The van der Waals surface area contributed by atoms with Crippen molar-refractivity contribution in [1.82, 2.24) is 14.7 Å². The normalized spacial score (nSPS) is 15.1. The summed E-state index contributed by atoms with van der Waals surface area (Å²) in [4.78, 5) is 38.2. The largest absolute Gasteiger partial charge is 0.504 e. The molecule has 1 unspecified atom stereocenters. The third kappa shape index (κ3) is 5.38. The van der Waals surface area contributed by atoms with Crippen molar-refractivity contribution in [3.05, 3.63) is 64.8 Å². The molecule has 10 nitrogen and oxygen atoms in total. The van der Waals surface area contributed by atoms with Gasteiger partial charge in [0.15, 0.2) is 5.75 Å². The topological polar surface area (TPSA) is 137 Å². The quantitative estimate of drug-likeness (QED) is 0.382. The molecule has 2 aromatic carbocycles. The van der Waals surface area contributed by atoms with Crippen LogP contribution in [0.3, 0.4) is 0 Å². The second-order valence-electron chi connectivity index (χ2n) is 8.23. The molecule has 1 fully saturated rings. The Balaban J connectivity index is 1.51. The Kier molecular flexibility index (Phi) is 6.92. The molecule has 182 valence electrons. The van der Waals surface area contributed by atoms with E-state index in [0.717, 1.165) is 0 Å². The lowest BCUT2D eigenvalue weighted by Gasteiger charge is -2.21. The highest BCUT2D eigenvalue weighted by Crippen LogP contribution is 2.31. The number of likely N-dealkylation sites (tertiary alicyclic amines) is 1. The van der Waals surface area contributed by atoms with Crippen LogP contribution < -0.4 is 10.6 Å². The first-order valence-corrected chi connectivity index (χ1v) is 11.3. The number of halogens is 1. The van der Waals surface area contributed by atoms with Crippen molar-refractivity contribution in [3.63, 3.8) is 0 Å². The average molecular weight is 498 g/mol. The number of carbonyl (C=O) groups excluding carboxylic acids is 2. The average Bonchev–Trinajstić information content (AvgIpc) is 3.44. The number of anilines is 2. The fourth-order valence-electron chi connectivity index (χ4n) is 4.07. The van der Waals surface area contributed by atoms with E-state index in [4.69, 9.17) is 11.6 Å². The van der Waals surface area contributed by atoms with Crippen LogP contribution in [0.4, 0.5) is 16.3 Å². The number of aliphatic carboxylic acids is 1. The number of phenolic OH excluding ortho intramolecular Hbond substituents is 1. The summed E-state index contributed by atoms with van der Waals surface area (Å²) in [5.74, 6) is -1.11. The number of urea groups is 1. The smallest absolute Gasteiger partial charge is 0.326 e. The number of aromatic nitrogens is 2. The fraction of sp³-hybridized carbons (Fsp3) is 0.250. The highest BCUT2D eigenvalue weighted by molar-refractivity contribution is 6.32. The van der Waals surface area contributed by atoms with E-state index >= 15 is 0 Å². The summed E-state index contributed by atoms with van der Waals surface area (Å²) in [5, 5.41) is 29.2. The van der Waals surface area contributed by atoms with Gasteiger partial charge in [0, 0.05) is 12.6 Å². The number of nitrogens with one attached hydrogen (secondary N) is 2. The number of nitrogens with zero attached hydrogens (tertiary/aromatic N) is 3. The second-order valence-corrected chi connectivity index (χ2v) is 8.64. The predicted molar refractivity (Wildman–Crippen MR) is 130 cm³/mol. The summed E-state index contributed by atoms with van der Waals surface area (Å²) in [7, 11) is 0. The Hall–Kier alpha value is -4.05. The minimum atomic E-state index is -0.989. The zero-order valence-electron chi connectivity index (χ0n) is 18.9. The number of hydrogen-bond donors (Lipinski definition) is 4. The van der Waals surface area contributed by atoms with Gasteiger partial charge in [-0.1, -0.05) is 29.8 Å². The van der Waals surface area contributed by atoms with Gasteiger partial charge in [0.2, 0.25) is 5.91 Å². The highest BCUT2D eigenvalue weighted by Gasteiger charge is 2.33. The number of phenols is 1. The zero-order valence-corrected chi connectivity index (χ0v) is 19.6. The van der Waals surface area contributed by atoms with Crippen LogP contribution >= 0.6 is 11.6 Å². The van der Waals surface area contributed by atoms with Crippen LogP contribution in [-0.4, -0.2) is 55.4 Å². The van der Waals surface area contributed by atoms with Gasteiger partial charge in [-0.3, -0.25) is 10.1 Å². The molecule has 1 aromatic heterocycles. The number of aryl methyl sites for hydroxylation is 1. The van der Waals surface area contributed by atoms with E-state index in [-0.39, 0.29) is 28.8 Å². The molecule has 3 aromatic rings. The van der Waals surface area contributed by atoms with E-state index in [0.29, 0.717) is 42.1 Å². The van der Waals surface area contributed by atoms with Crippen LogP contribution in [0.5, 0.6) is 5.75 Å². The number of aromatic hydroxyl groups is 1. The minimum Gasteiger partial charge on any atom is -0.504 e. The van der Waals surface area contributed by atoms with E-state index < -0.39 is 18.0 Å². The van der Waals surface area contributed by atoms with Gasteiger partial charge < -0.3 is 20.4 Å². The number of carboxylic acid groups (broad SMARTS) is 1. The van der Waals surface area contributed by atoms with Gasteiger partial charge in [0.25, 0.3) is 0 Å². The molecule has 1 saturated heterocycles. The summed E-state index contributed by atoms with van der Waals surface area (Å²) in [6, 6.07) is 12.0. The summed E-state index contributed by atoms with van der Waals surface area (Å²) in [6.07, 6.45) is 1.17. The first-order valence-electron chi connectivity index (χ1n) is 11.0.